The van der Waals surface area contributed by atoms with Gasteiger partial charge in [0.1, 0.15) is 5.82 Å². The Morgan fingerprint density at radius 2 is 2.05 bits per heavy atom. The Hall–Kier alpha value is -1.26. The molecule has 0 saturated carbocycles. The molecule has 0 N–H and O–H groups in total. The smallest absolute Gasteiger partial charge is 0.164 e. The van der Waals surface area contributed by atoms with Crippen molar-refractivity contribution < 1.29 is 13.9 Å². The van der Waals surface area contributed by atoms with Gasteiger partial charge in [0.05, 0.1) is 13.2 Å². The zero-order chi connectivity index (χ0) is 13.9. The van der Waals surface area contributed by atoms with E-state index in [2.05, 4.69) is 18.7 Å². The molecule has 2 rings (SSSR count). The molecule has 19 heavy (non-hydrogen) atoms. The number of ketones is 1. The molecule has 3 nitrogen and oxygen atoms in total. The third-order valence-electron chi connectivity index (χ3n) is 3.59. The van der Waals surface area contributed by atoms with Crippen molar-refractivity contribution >= 4 is 5.78 Å². The molecule has 0 aliphatic carbocycles. The summed E-state index contributed by atoms with van der Waals surface area (Å²) >= 11 is 0. The van der Waals surface area contributed by atoms with Gasteiger partial charge >= 0.3 is 0 Å². The van der Waals surface area contributed by atoms with E-state index < -0.39 is 0 Å². The maximum atomic E-state index is 12.8. The van der Waals surface area contributed by atoms with Crippen molar-refractivity contribution in [3.8, 4) is 0 Å². The van der Waals surface area contributed by atoms with E-state index in [9.17, 15) is 9.18 Å². The molecule has 1 heterocycles. The van der Waals surface area contributed by atoms with Crippen LogP contribution in [0.2, 0.25) is 0 Å². The fourth-order valence-corrected chi connectivity index (χ4v) is 2.32. The van der Waals surface area contributed by atoms with Crippen LogP contribution >= 0.6 is 0 Å². The molecule has 0 atom stereocenters. The highest BCUT2D eigenvalue weighted by atomic mass is 19.1. The lowest BCUT2D eigenvalue weighted by Gasteiger charge is -2.42. The van der Waals surface area contributed by atoms with Gasteiger partial charge in [-0.15, -0.1) is 0 Å². The molecule has 0 amide bonds. The number of Topliss-reactive ketones (excluding diaryl/α,β-unsaturated/α-hetero) is 1. The van der Waals surface area contributed by atoms with Gasteiger partial charge in [-0.25, -0.2) is 4.39 Å². The van der Waals surface area contributed by atoms with E-state index in [0.29, 0.717) is 31.7 Å². The molecular formula is C15H20FNO2. The van der Waals surface area contributed by atoms with Gasteiger partial charge in [-0.3, -0.25) is 9.69 Å². The predicted octanol–water partition coefficient (Wildman–Crippen LogP) is 2.51. The lowest BCUT2D eigenvalue weighted by molar-refractivity contribution is -0.0502. The van der Waals surface area contributed by atoms with E-state index in [-0.39, 0.29) is 17.1 Å². The third kappa shape index (κ3) is 3.61. The normalized spacial score (nSPS) is 19.3. The van der Waals surface area contributed by atoms with Crippen LogP contribution in [0.15, 0.2) is 24.3 Å². The monoisotopic (exact) mass is 265 g/mol. The average Bonchev–Trinajstić information content (AvgIpc) is 2.37. The van der Waals surface area contributed by atoms with Crippen molar-refractivity contribution in [3.63, 3.8) is 0 Å². The summed E-state index contributed by atoms with van der Waals surface area (Å²) in [5.74, 6) is -0.256. The third-order valence-corrected chi connectivity index (χ3v) is 3.59. The number of hydrogen-bond acceptors (Lipinski definition) is 3. The summed E-state index contributed by atoms with van der Waals surface area (Å²) in [4.78, 5) is 14.3. The summed E-state index contributed by atoms with van der Waals surface area (Å²) in [6, 6.07) is 5.74. The first kappa shape index (κ1) is 14.2. The summed E-state index contributed by atoms with van der Waals surface area (Å²) in [6.45, 7) is 7.21. The number of ether oxygens (including phenoxy) is 1. The second-order valence-electron chi connectivity index (χ2n) is 5.53. The number of morpholine rings is 1. The van der Waals surface area contributed by atoms with Gasteiger partial charge in [0.15, 0.2) is 5.78 Å². The molecule has 0 radical (unpaired) electrons. The second kappa shape index (κ2) is 5.80. The molecule has 0 bridgehead atoms. The van der Waals surface area contributed by atoms with Crippen LogP contribution in [-0.4, -0.2) is 42.5 Å². The highest BCUT2D eigenvalue weighted by Crippen LogP contribution is 2.19. The first-order valence-electron chi connectivity index (χ1n) is 6.60. The van der Waals surface area contributed by atoms with Gasteiger partial charge < -0.3 is 4.74 Å². The number of halogens is 1. The molecule has 1 saturated heterocycles. The Kier molecular flexibility index (Phi) is 4.32. The van der Waals surface area contributed by atoms with E-state index in [1.807, 2.05) is 0 Å². The minimum Gasteiger partial charge on any atom is -0.378 e. The summed E-state index contributed by atoms with van der Waals surface area (Å²) in [7, 11) is 0. The van der Waals surface area contributed by atoms with Crippen LogP contribution in [0, 0.1) is 5.82 Å². The molecule has 1 aliphatic heterocycles. The first-order chi connectivity index (χ1) is 8.99. The molecule has 1 aromatic carbocycles. The Labute approximate surface area is 113 Å². The highest BCUT2D eigenvalue weighted by molar-refractivity contribution is 5.96. The standard InChI is InChI=1S/C15H20FNO2/c1-15(2)11-19-10-9-17(15)8-7-14(18)12-3-5-13(16)6-4-12/h3-6H,7-11H2,1-2H3. The second-order valence-corrected chi connectivity index (χ2v) is 5.53. The first-order valence-corrected chi connectivity index (χ1v) is 6.60. The van der Waals surface area contributed by atoms with Crippen LogP contribution in [0.5, 0.6) is 0 Å². The van der Waals surface area contributed by atoms with Crippen LogP contribution in [0.4, 0.5) is 4.39 Å². The van der Waals surface area contributed by atoms with Gasteiger partial charge in [-0.2, -0.15) is 0 Å². The lowest BCUT2D eigenvalue weighted by atomic mass is 10.0. The zero-order valence-electron chi connectivity index (χ0n) is 11.5. The number of rotatable bonds is 4. The van der Waals surface area contributed by atoms with E-state index in [1.54, 1.807) is 12.1 Å². The molecule has 0 unspecified atom stereocenters. The van der Waals surface area contributed by atoms with Gasteiger partial charge in [-0.1, -0.05) is 0 Å². The Morgan fingerprint density at radius 1 is 1.37 bits per heavy atom. The van der Waals surface area contributed by atoms with E-state index >= 15 is 0 Å². The Balaban J connectivity index is 1.91. The maximum absolute atomic E-state index is 12.8. The molecule has 1 aliphatic rings. The van der Waals surface area contributed by atoms with Crippen LogP contribution < -0.4 is 0 Å². The Morgan fingerprint density at radius 3 is 2.68 bits per heavy atom. The quantitative estimate of drug-likeness (QED) is 0.783. The molecule has 1 aromatic rings. The van der Waals surface area contributed by atoms with E-state index in [0.717, 1.165) is 6.54 Å². The van der Waals surface area contributed by atoms with Gasteiger partial charge in [-0.05, 0) is 38.1 Å². The van der Waals surface area contributed by atoms with Crippen LogP contribution in [0.3, 0.4) is 0 Å². The molecule has 1 fully saturated rings. The summed E-state index contributed by atoms with van der Waals surface area (Å²) in [5, 5.41) is 0. The number of carbonyl (C=O) groups is 1. The zero-order valence-corrected chi connectivity index (χ0v) is 11.5. The highest BCUT2D eigenvalue weighted by Gasteiger charge is 2.30. The molecule has 0 aromatic heterocycles. The van der Waals surface area contributed by atoms with E-state index in [1.165, 1.54) is 12.1 Å². The Bertz CT molecular complexity index is 442. The van der Waals surface area contributed by atoms with Crippen molar-refractivity contribution in [2.24, 2.45) is 0 Å². The number of carbonyl (C=O) groups excluding carboxylic acids is 1. The van der Waals surface area contributed by atoms with Crippen molar-refractivity contribution in [2.45, 2.75) is 25.8 Å². The SMILES string of the molecule is CC1(C)COCCN1CCC(=O)c1ccc(F)cc1. The average molecular weight is 265 g/mol. The summed E-state index contributed by atoms with van der Waals surface area (Å²) in [6.07, 6.45) is 0.453. The van der Waals surface area contributed by atoms with Gasteiger partial charge in [0.25, 0.3) is 0 Å². The summed E-state index contributed by atoms with van der Waals surface area (Å²) in [5.41, 5.74) is 0.550. The van der Waals surface area contributed by atoms with Crippen molar-refractivity contribution in [1.82, 2.24) is 4.90 Å². The maximum Gasteiger partial charge on any atom is 0.164 e. The lowest BCUT2D eigenvalue weighted by Crippen LogP contribution is -2.53. The predicted molar refractivity (Wildman–Crippen MR) is 71.8 cm³/mol. The van der Waals surface area contributed by atoms with Gasteiger partial charge in [0.2, 0.25) is 0 Å². The largest absolute Gasteiger partial charge is 0.378 e. The molecular weight excluding hydrogens is 245 g/mol. The number of benzene rings is 1. The van der Waals surface area contributed by atoms with Crippen molar-refractivity contribution in [1.29, 1.82) is 0 Å². The number of hydrogen-bond donors (Lipinski definition) is 0. The number of nitrogens with zero attached hydrogens (tertiary/aromatic N) is 1. The summed E-state index contributed by atoms with van der Waals surface area (Å²) < 4.78 is 18.2. The molecule has 0 spiro atoms. The van der Waals surface area contributed by atoms with E-state index in [4.69, 9.17) is 4.74 Å². The fourth-order valence-electron chi connectivity index (χ4n) is 2.32. The minimum atomic E-state index is -0.314. The van der Waals surface area contributed by atoms with Gasteiger partial charge in [0, 0.05) is 30.6 Å². The van der Waals surface area contributed by atoms with Crippen LogP contribution in [-0.2, 0) is 4.74 Å². The van der Waals surface area contributed by atoms with Crippen LogP contribution in [0.25, 0.3) is 0 Å². The molecule has 104 valence electrons. The van der Waals surface area contributed by atoms with Crippen molar-refractivity contribution in [2.75, 3.05) is 26.3 Å². The minimum absolute atomic E-state index is 0.0265. The fraction of sp³-hybridized carbons (Fsp3) is 0.533. The van der Waals surface area contributed by atoms with Crippen molar-refractivity contribution in [3.05, 3.63) is 35.6 Å². The molecule has 4 heteroatoms. The van der Waals surface area contributed by atoms with Crippen LogP contribution in [0.1, 0.15) is 30.6 Å². The topological polar surface area (TPSA) is 29.5 Å².